The van der Waals surface area contributed by atoms with E-state index in [0.29, 0.717) is 24.4 Å². The van der Waals surface area contributed by atoms with Crippen molar-refractivity contribution in [3.8, 4) is 0 Å². The molecule has 8 heteroatoms. The summed E-state index contributed by atoms with van der Waals surface area (Å²) in [6, 6.07) is 17.2. The lowest BCUT2D eigenvalue weighted by atomic mass is 10.1. The minimum absolute atomic E-state index is 0.00244. The van der Waals surface area contributed by atoms with E-state index in [2.05, 4.69) is 39.8 Å². The summed E-state index contributed by atoms with van der Waals surface area (Å²) in [4.78, 5) is 41.9. The highest BCUT2D eigenvalue weighted by molar-refractivity contribution is 7.99. The number of hydrogen-bond donors (Lipinski definition) is 2. The van der Waals surface area contributed by atoms with Crippen molar-refractivity contribution >= 4 is 35.7 Å². The van der Waals surface area contributed by atoms with Gasteiger partial charge in [-0.15, -0.1) is 11.8 Å². The maximum absolute atomic E-state index is 13.2. The highest BCUT2D eigenvalue weighted by Crippen LogP contribution is 2.28. The molecule has 1 atom stereocenters. The van der Waals surface area contributed by atoms with Gasteiger partial charge >= 0.3 is 6.03 Å². The topological polar surface area (TPSA) is 81.8 Å². The zero-order valence-corrected chi connectivity index (χ0v) is 19.4. The van der Waals surface area contributed by atoms with Gasteiger partial charge in [-0.25, -0.2) is 4.79 Å². The Kier molecular flexibility index (Phi) is 7.15. The molecule has 2 aliphatic heterocycles. The molecule has 172 valence electrons. The van der Waals surface area contributed by atoms with E-state index < -0.39 is 11.6 Å². The highest BCUT2D eigenvalue weighted by Gasteiger charge is 2.42. The SMILES string of the molecule is CC1(CSc2ccccc2C(=O)N2CCN(C/C=C/c3ccccc3)CC2)NC(=O)NC1=O. The molecule has 4 amide bonds. The highest BCUT2D eigenvalue weighted by atomic mass is 32.2. The molecule has 2 aromatic carbocycles. The first-order valence-electron chi connectivity index (χ1n) is 11.0. The van der Waals surface area contributed by atoms with E-state index in [1.807, 2.05) is 47.4 Å². The maximum Gasteiger partial charge on any atom is 0.322 e. The van der Waals surface area contributed by atoms with E-state index in [1.165, 1.54) is 17.3 Å². The van der Waals surface area contributed by atoms with Gasteiger partial charge < -0.3 is 10.2 Å². The molecule has 0 spiro atoms. The van der Waals surface area contributed by atoms with Crippen molar-refractivity contribution in [3.63, 3.8) is 0 Å². The molecule has 2 N–H and O–H groups in total. The van der Waals surface area contributed by atoms with Crippen LogP contribution in [-0.4, -0.2) is 71.7 Å². The predicted octanol–water partition coefficient (Wildman–Crippen LogP) is 2.85. The number of imide groups is 1. The van der Waals surface area contributed by atoms with Gasteiger partial charge in [0.25, 0.3) is 11.8 Å². The van der Waals surface area contributed by atoms with Gasteiger partial charge in [0.1, 0.15) is 5.54 Å². The Morgan fingerprint density at radius 2 is 1.73 bits per heavy atom. The quantitative estimate of drug-likeness (QED) is 0.487. The molecule has 0 radical (unpaired) electrons. The molecule has 0 aliphatic carbocycles. The van der Waals surface area contributed by atoms with Crippen LogP contribution in [0.1, 0.15) is 22.8 Å². The summed E-state index contributed by atoms with van der Waals surface area (Å²) < 4.78 is 0. The van der Waals surface area contributed by atoms with Gasteiger partial charge in [0, 0.05) is 43.4 Å². The van der Waals surface area contributed by atoms with Crippen molar-refractivity contribution in [2.24, 2.45) is 0 Å². The second-order valence-electron chi connectivity index (χ2n) is 8.43. The first kappa shape index (κ1) is 23.1. The third-order valence-electron chi connectivity index (χ3n) is 5.88. The van der Waals surface area contributed by atoms with Gasteiger partial charge in [-0.05, 0) is 24.6 Å². The minimum Gasteiger partial charge on any atom is -0.336 e. The average molecular weight is 465 g/mol. The van der Waals surface area contributed by atoms with E-state index in [0.717, 1.165) is 24.5 Å². The molecule has 2 aliphatic rings. The van der Waals surface area contributed by atoms with Gasteiger partial charge in [0.05, 0.1) is 5.56 Å². The van der Waals surface area contributed by atoms with E-state index in [9.17, 15) is 14.4 Å². The fourth-order valence-electron chi connectivity index (χ4n) is 3.88. The number of rotatable bonds is 7. The van der Waals surface area contributed by atoms with Crippen LogP contribution in [0.5, 0.6) is 0 Å². The third kappa shape index (κ3) is 5.64. The number of carbonyl (C=O) groups excluding carboxylic acids is 3. The number of carbonyl (C=O) groups is 3. The molecule has 2 aromatic rings. The van der Waals surface area contributed by atoms with Crippen LogP contribution >= 0.6 is 11.8 Å². The number of hydrogen-bond acceptors (Lipinski definition) is 5. The number of nitrogens with one attached hydrogen (secondary N) is 2. The van der Waals surface area contributed by atoms with Crippen molar-refractivity contribution in [2.75, 3.05) is 38.5 Å². The van der Waals surface area contributed by atoms with Crippen molar-refractivity contribution in [3.05, 3.63) is 71.8 Å². The number of piperazine rings is 1. The average Bonchev–Trinajstić information content (AvgIpc) is 3.10. The van der Waals surface area contributed by atoms with Crippen LogP contribution in [0.4, 0.5) is 4.79 Å². The van der Waals surface area contributed by atoms with Gasteiger partial charge in [-0.3, -0.25) is 19.8 Å². The molecule has 0 saturated carbocycles. The predicted molar refractivity (Wildman–Crippen MR) is 130 cm³/mol. The third-order valence-corrected chi connectivity index (χ3v) is 7.27. The molecule has 0 aromatic heterocycles. The van der Waals surface area contributed by atoms with Crippen LogP contribution in [0.3, 0.4) is 0 Å². The maximum atomic E-state index is 13.2. The van der Waals surface area contributed by atoms with E-state index >= 15 is 0 Å². The lowest BCUT2D eigenvalue weighted by Crippen LogP contribution is -2.48. The van der Waals surface area contributed by atoms with E-state index in [1.54, 1.807) is 6.92 Å². The van der Waals surface area contributed by atoms with Crippen LogP contribution in [0.25, 0.3) is 6.08 Å². The summed E-state index contributed by atoms with van der Waals surface area (Å²) in [5.41, 5.74) is 0.828. The summed E-state index contributed by atoms with van der Waals surface area (Å²) in [7, 11) is 0. The van der Waals surface area contributed by atoms with Crippen LogP contribution < -0.4 is 10.6 Å². The van der Waals surface area contributed by atoms with E-state index in [4.69, 9.17) is 0 Å². The molecule has 33 heavy (non-hydrogen) atoms. The van der Waals surface area contributed by atoms with Gasteiger partial charge in [-0.2, -0.15) is 0 Å². The smallest absolute Gasteiger partial charge is 0.322 e. The molecule has 0 bridgehead atoms. The van der Waals surface area contributed by atoms with Crippen molar-refractivity contribution in [1.82, 2.24) is 20.4 Å². The van der Waals surface area contributed by atoms with Crippen LogP contribution in [-0.2, 0) is 4.79 Å². The Hall–Kier alpha value is -3.10. The molecular formula is C25H28N4O3S. The normalized spacial score (nSPS) is 21.3. The number of thioether (sulfide) groups is 1. The number of benzene rings is 2. The van der Waals surface area contributed by atoms with Gasteiger partial charge in [0.2, 0.25) is 0 Å². The monoisotopic (exact) mass is 464 g/mol. The van der Waals surface area contributed by atoms with E-state index in [-0.39, 0.29) is 11.8 Å². The number of amides is 4. The summed E-state index contributed by atoms with van der Waals surface area (Å²) in [5.74, 6) is 0.0000177. The fourth-order valence-corrected chi connectivity index (χ4v) is 5.01. The molecule has 4 rings (SSSR count). The molecule has 2 heterocycles. The number of urea groups is 1. The van der Waals surface area contributed by atoms with Gasteiger partial charge in [-0.1, -0.05) is 54.6 Å². The first-order valence-corrected chi connectivity index (χ1v) is 12.0. The zero-order valence-electron chi connectivity index (χ0n) is 18.6. The minimum atomic E-state index is -0.989. The summed E-state index contributed by atoms with van der Waals surface area (Å²) in [6.45, 7) is 5.54. The van der Waals surface area contributed by atoms with Crippen molar-refractivity contribution in [1.29, 1.82) is 0 Å². The fraction of sp³-hybridized carbons (Fsp3) is 0.320. The Labute approximate surface area is 198 Å². The molecule has 2 saturated heterocycles. The van der Waals surface area contributed by atoms with Crippen molar-refractivity contribution < 1.29 is 14.4 Å². The van der Waals surface area contributed by atoms with Gasteiger partial charge in [0.15, 0.2) is 0 Å². The first-order chi connectivity index (χ1) is 15.9. The van der Waals surface area contributed by atoms with Crippen LogP contribution in [0.2, 0.25) is 0 Å². The lowest BCUT2D eigenvalue weighted by molar-refractivity contribution is -0.122. The second kappa shape index (κ2) is 10.2. The zero-order chi connectivity index (χ0) is 23.3. The summed E-state index contributed by atoms with van der Waals surface area (Å²) >= 11 is 1.41. The molecular weight excluding hydrogens is 436 g/mol. The lowest BCUT2D eigenvalue weighted by Gasteiger charge is -2.34. The Morgan fingerprint density at radius 3 is 2.42 bits per heavy atom. The standard InChI is InChI=1S/C25H28N4O3S/c1-25(23(31)26-24(32)27-25)18-33-21-12-6-5-11-20(21)22(30)29-16-14-28(15-17-29)13-7-10-19-8-3-2-4-9-19/h2-12H,13-18H2,1H3,(H2,26,27,31,32)/b10-7+. The number of nitrogens with zero attached hydrogens (tertiary/aromatic N) is 2. The summed E-state index contributed by atoms with van der Waals surface area (Å²) in [6.07, 6.45) is 4.29. The van der Waals surface area contributed by atoms with Crippen molar-refractivity contribution in [2.45, 2.75) is 17.4 Å². The Morgan fingerprint density at radius 1 is 1.03 bits per heavy atom. The summed E-state index contributed by atoms with van der Waals surface area (Å²) in [5, 5.41) is 4.94. The molecule has 7 nitrogen and oxygen atoms in total. The largest absolute Gasteiger partial charge is 0.336 e. The molecule has 1 unspecified atom stereocenters. The Balaban J connectivity index is 1.32. The second-order valence-corrected chi connectivity index (χ2v) is 9.45. The Bertz CT molecular complexity index is 1050. The molecule has 2 fully saturated rings. The van der Waals surface area contributed by atoms with Crippen LogP contribution in [0, 0.1) is 0 Å². The van der Waals surface area contributed by atoms with Crippen LogP contribution in [0.15, 0.2) is 65.6 Å².